The van der Waals surface area contributed by atoms with Crippen molar-refractivity contribution in [1.82, 2.24) is 20.2 Å². The van der Waals surface area contributed by atoms with Gasteiger partial charge in [-0.25, -0.2) is 4.98 Å². The molecular weight excluding hydrogens is 340 g/mol. The van der Waals surface area contributed by atoms with E-state index in [0.717, 1.165) is 37.7 Å². The zero-order valence-electron chi connectivity index (χ0n) is 14.7. The third-order valence-corrected chi connectivity index (χ3v) is 4.37. The monoisotopic (exact) mass is 358 g/mol. The van der Waals surface area contributed by atoms with Crippen LogP contribution in [0.4, 0.5) is 23.3 Å². The van der Waals surface area contributed by atoms with E-state index in [1.54, 1.807) is 18.3 Å². The summed E-state index contributed by atoms with van der Waals surface area (Å²) in [5, 5.41) is 20.3. The summed E-state index contributed by atoms with van der Waals surface area (Å²) in [4.78, 5) is 13.4. The second-order valence-electron chi connectivity index (χ2n) is 6.12. The Hall–Kier alpha value is -3.73. The number of rotatable bonds is 4. The van der Waals surface area contributed by atoms with Crippen LogP contribution in [0.25, 0.3) is 0 Å². The first-order valence-electron chi connectivity index (χ1n) is 8.70. The van der Waals surface area contributed by atoms with E-state index in [9.17, 15) is 0 Å². The third kappa shape index (κ3) is 3.93. The van der Waals surface area contributed by atoms with Crippen LogP contribution in [0.2, 0.25) is 0 Å². The summed E-state index contributed by atoms with van der Waals surface area (Å²) in [5.74, 6) is 2.22. The van der Waals surface area contributed by atoms with E-state index in [0.29, 0.717) is 17.3 Å². The molecule has 1 aliphatic rings. The zero-order chi connectivity index (χ0) is 18.5. The van der Waals surface area contributed by atoms with Gasteiger partial charge in [0.25, 0.3) is 0 Å². The minimum absolute atomic E-state index is 0.606. The Morgan fingerprint density at radius 3 is 2.44 bits per heavy atom. The van der Waals surface area contributed by atoms with Gasteiger partial charge < -0.3 is 15.1 Å². The van der Waals surface area contributed by atoms with Crippen LogP contribution in [0.1, 0.15) is 5.56 Å². The summed E-state index contributed by atoms with van der Waals surface area (Å²) in [7, 11) is 0. The second kappa shape index (κ2) is 7.66. The Bertz CT molecular complexity index is 928. The van der Waals surface area contributed by atoms with E-state index in [1.807, 2.05) is 36.5 Å². The van der Waals surface area contributed by atoms with E-state index in [4.69, 9.17) is 5.26 Å². The van der Waals surface area contributed by atoms with Crippen LogP contribution in [0.5, 0.6) is 0 Å². The molecule has 1 fully saturated rings. The van der Waals surface area contributed by atoms with Crippen LogP contribution in [0.15, 0.2) is 54.9 Å². The summed E-state index contributed by atoms with van der Waals surface area (Å²) in [5.41, 5.74) is 1.47. The SMILES string of the molecule is N#Cc1ccc(Nc2cnnc(N3CCN(c4ccccn4)CC3)n2)cc1. The molecule has 3 aromatic rings. The number of pyridine rings is 1. The van der Waals surface area contributed by atoms with Gasteiger partial charge in [0, 0.05) is 38.1 Å². The second-order valence-corrected chi connectivity index (χ2v) is 6.12. The maximum atomic E-state index is 8.88. The molecule has 0 atom stereocenters. The molecule has 1 saturated heterocycles. The predicted octanol–water partition coefficient (Wildman–Crippen LogP) is 2.21. The van der Waals surface area contributed by atoms with Crippen molar-refractivity contribution in [2.45, 2.75) is 0 Å². The van der Waals surface area contributed by atoms with Gasteiger partial charge in [0.2, 0.25) is 5.95 Å². The number of benzene rings is 1. The molecule has 3 heterocycles. The van der Waals surface area contributed by atoms with E-state index < -0.39 is 0 Å². The Kier molecular flexibility index (Phi) is 4.74. The lowest BCUT2D eigenvalue weighted by atomic mass is 10.2. The maximum Gasteiger partial charge on any atom is 0.247 e. The average molecular weight is 358 g/mol. The van der Waals surface area contributed by atoms with Crippen molar-refractivity contribution in [2.75, 3.05) is 41.3 Å². The van der Waals surface area contributed by atoms with Crippen LogP contribution < -0.4 is 15.1 Å². The zero-order valence-corrected chi connectivity index (χ0v) is 14.7. The topological polar surface area (TPSA) is 93.9 Å². The molecule has 0 spiro atoms. The molecule has 27 heavy (non-hydrogen) atoms. The molecular formula is C19H18N8. The molecule has 0 bridgehead atoms. The summed E-state index contributed by atoms with van der Waals surface area (Å²) >= 11 is 0. The van der Waals surface area contributed by atoms with Crippen molar-refractivity contribution in [3.05, 3.63) is 60.4 Å². The van der Waals surface area contributed by atoms with Crippen LogP contribution >= 0.6 is 0 Å². The van der Waals surface area contributed by atoms with E-state index >= 15 is 0 Å². The van der Waals surface area contributed by atoms with Crippen molar-refractivity contribution in [3.63, 3.8) is 0 Å². The van der Waals surface area contributed by atoms with Crippen molar-refractivity contribution >= 4 is 23.3 Å². The predicted molar refractivity (Wildman–Crippen MR) is 103 cm³/mol. The lowest BCUT2D eigenvalue weighted by molar-refractivity contribution is 0.630. The van der Waals surface area contributed by atoms with E-state index in [2.05, 4.69) is 41.4 Å². The van der Waals surface area contributed by atoms with Crippen LogP contribution in [-0.4, -0.2) is 46.3 Å². The van der Waals surface area contributed by atoms with Crippen molar-refractivity contribution in [1.29, 1.82) is 5.26 Å². The molecule has 0 amide bonds. The first kappa shape index (κ1) is 16.7. The Morgan fingerprint density at radius 1 is 0.963 bits per heavy atom. The quantitative estimate of drug-likeness (QED) is 0.759. The van der Waals surface area contributed by atoms with Gasteiger partial charge in [0.15, 0.2) is 5.82 Å². The highest BCUT2D eigenvalue weighted by atomic mass is 15.4. The number of hydrogen-bond acceptors (Lipinski definition) is 8. The van der Waals surface area contributed by atoms with Crippen LogP contribution in [-0.2, 0) is 0 Å². The van der Waals surface area contributed by atoms with Gasteiger partial charge in [0.1, 0.15) is 5.82 Å². The largest absolute Gasteiger partial charge is 0.353 e. The summed E-state index contributed by atoms with van der Waals surface area (Å²) in [6, 6.07) is 15.2. The normalized spacial score (nSPS) is 13.9. The maximum absolute atomic E-state index is 8.88. The van der Waals surface area contributed by atoms with Gasteiger partial charge in [-0.2, -0.15) is 15.3 Å². The first-order valence-corrected chi connectivity index (χ1v) is 8.70. The van der Waals surface area contributed by atoms with Crippen LogP contribution in [0.3, 0.4) is 0 Å². The molecule has 134 valence electrons. The summed E-state index contributed by atoms with van der Waals surface area (Å²) in [6.45, 7) is 3.32. The fraction of sp³-hybridized carbons (Fsp3) is 0.211. The molecule has 8 heteroatoms. The Labute approximate surface area is 157 Å². The first-order chi connectivity index (χ1) is 13.3. The minimum atomic E-state index is 0.606. The third-order valence-electron chi connectivity index (χ3n) is 4.37. The lowest BCUT2D eigenvalue weighted by Gasteiger charge is -2.35. The van der Waals surface area contributed by atoms with Gasteiger partial charge in [-0.3, -0.25) is 0 Å². The van der Waals surface area contributed by atoms with Crippen molar-refractivity contribution < 1.29 is 0 Å². The highest BCUT2D eigenvalue weighted by Crippen LogP contribution is 2.18. The van der Waals surface area contributed by atoms with Crippen molar-refractivity contribution in [3.8, 4) is 6.07 Å². The number of aromatic nitrogens is 4. The number of nitrogens with one attached hydrogen (secondary N) is 1. The number of hydrogen-bond donors (Lipinski definition) is 1. The smallest absolute Gasteiger partial charge is 0.247 e. The molecule has 1 aromatic carbocycles. The van der Waals surface area contributed by atoms with Crippen LogP contribution in [0, 0.1) is 11.3 Å². The highest BCUT2D eigenvalue weighted by Gasteiger charge is 2.20. The highest BCUT2D eigenvalue weighted by molar-refractivity contribution is 5.57. The molecule has 0 radical (unpaired) electrons. The Morgan fingerprint density at radius 2 is 1.74 bits per heavy atom. The Balaban J connectivity index is 1.41. The van der Waals surface area contributed by atoms with E-state index in [1.165, 1.54) is 0 Å². The van der Waals surface area contributed by atoms with Gasteiger partial charge in [-0.05, 0) is 36.4 Å². The molecule has 1 N–H and O–H groups in total. The fourth-order valence-electron chi connectivity index (χ4n) is 2.94. The van der Waals surface area contributed by atoms with Gasteiger partial charge >= 0.3 is 0 Å². The summed E-state index contributed by atoms with van der Waals surface area (Å²) in [6.07, 6.45) is 3.40. The molecule has 0 unspecified atom stereocenters. The molecule has 0 saturated carbocycles. The number of anilines is 4. The average Bonchev–Trinajstić information content (AvgIpc) is 2.75. The number of nitriles is 1. The molecule has 8 nitrogen and oxygen atoms in total. The van der Waals surface area contributed by atoms with Crippen molar-refractivity contribution in [2.24, 2.45) is 0 Å². The minimum Gasteiger partial charge on any atom is -0.353 e. The summed E-state index contributed by atoms with van der Waals surface area (Å²) < 4.78 is 0. The van der Waals surface area contributed by atoms with E-state index in [-0.39, 0.29) is 0 Å². The standard InChI is InChI=1S/C19H18N8/c20-13-15-4-6-16(7-5-15)23-17-14-22-25-19(24-17)27-11-9-26(10-12-27)18-3-1-2-8-21-18/h1-8,14H,9-12H2,(H,23,24,25). The molecule has 2 aromatic heterocycles. The number of nitrogens with zero attached hydrogens (tertiary/aromatic N) is 7. The van der Waals surface area contributed by atoms with Gasteiger partial charge in [-0.15, -0.1) is 5.10 Å². The molecule has 0 aliphatic carbocycles. The lowest BCUT2D eigenvalue weighted by Crippen LogP contribution is -2.47. The van der Waals surface area contributed by atoms with Gasteiger partial charge in [-0.1, -0.05) is 6.07 Å². The molecule has 1 aliphatic heterocycles. The number of piperazine rings is 1. The van der Waals surface area contributed by atoms with Gasteiger partial charge in [0.05, 0.1) is 17.8 Å². The molecule has 4 rings (SSSR count). The fourth-order valence-corrected chi connectivity index (χ4v) is 2.94.